The van der Waals surface area contributed by atoms with Crippen molar-refractivity contribution in [1.82, 2.24) is 0 Å². The monoisotopic (exact) mass is 283 g/mol. The first kappa shape index (κ1) is 13.4. The van der Waals surface area contributed by atoms with E-state index in [9.17, 15) is 4.21 Å². The fourth-order valence-electron chi connectivity index (χ4n) is 2.10. The van der Waals surface area contributed by atoms with Crippen molar-refractivity contribution in [2.45, 2.75) is 4.90 Å². The van der Waals surface area contributed by atoms with Gasteiger partial charge in [0.2, 0.25) is 0 Å². The zero-order valence-corrected chi connectivity index (χ0v) is 11.9. The molecule has 0 radical (unpaired) electrons. The van der Waals surface area contributed by atoms with Crippen LogP contribution in [-0.4, -0.2) is 40.9 Å². The Labute approximate surface area is 114 Å². The van der Waals surface area contributed by atoms with Crippen LogP contribution in [0.3, 0.4) is 0 Å². The van der Waals surface area contributed by atoms with E-state index in [1.807, 2.05) is 24.5 Å². The summed E-state index contributed by atoms with van der Waals surface area (Å²) in [7, 11) is -0.691. The number of hydrogen-bond donors (Lipinski definition) is 2. The number of nitrogens with one attached hydrogen (secondary N) is 1. The maximum Gasteiger partial charge on any atom is 0.126 e. The van der Waals surface area contributed by atoms with Crippen LogP contribution in [0.4, 0.5) is 5.69 Å². The van der Waals surface area contributed by atoms with Crippen molar-refractivity contribution >= 4 is 34.1 Å². The fourth-order valence-corrected chi connectivity index (χ4v) is 3.79. The molecule has 0 aliphatic carbocycles. The number of rotatable bonds is 3. The van der Waals surface area contributed by atoms with Crippen molar-refractivity contribution in [3.63, 3.8) is 0 Å². The Kier molecular flexibility index (Phi) is 4.29. The molecule has 0 spiro atoms. The molecule has 18 heavy (non-hydrogen) atoms. The molecule has 1 aromatic rings. The predicted octanol–water partition coefficient (Wildman–Crippen LogP) is 1.26. The summed E-state index contributed by atoms with van der Waals surface area (Å²) in [4.78, 5) is 3.20. The zero-order valence-electron chi connectivity index (χ0n) is 10.3. The molecule has 98 valence electrons. The minimum Gasteiger partial charge on any atom is -0.384 e. The Morgan fingerprint density at radius 2 is 2.11 bits per heavy atom. The Morgan fingerprint density at radius 3 is 2.67 bits per heavy atom. The van der Waals surface area contributed by atoms with E-state index in [-0.39, 0.29) is 5.84 Å². The summed E-state index contributed by atoms with van der Waals surface area (Å²) in [5.74, 6) is 1.49. The number of thioether (sulfide) groups is 1. The zero-order chi connectivity index (χ0) is 13.1. The third-order valence-electron chi connectivity index (χ3n) is 3.01. The van der Waals surface area contributed by atoms with Crippen LogP contribution in [0, 0.1) is 5.41 Å². The summed E-state index contributed by atoms with van der Waals surface area (Å²) in [6.07, 6.45) is 1.98. The van der Waals surface area contributed by atoms with Crippen LogP contribution in [0.1, 0.15) is 5.56 Å². The van der Waals surface area contributed by atoms with Gasteiger partial charge in [-0.25, -0.2) is 0 Å². The highest BCUT2D eigenvalue weighted by molar-refractivity contribution is 7.98. The van der Waals surface area contributed by atoms with E-state index in [2.05, 4.69) is 4.90 Å². The molecule has 1 aliphatic heterocycles. The Bertz CT molecular complexity index is 480. The van der Waals surface area contributed by atoms with Gasteiger partial charge in [0.15, 0.2) is 0 Å². The van der Waals surface area contributed by atoms with E-state index in [4.69, 9.17) is 11.1 Å². The minimum absolute atomic E-state index is 0.0987. The van der Waals surface area contributed by atoms with Gasteiger partial charge in [-0.15, -0.1) is 11.8 Å². The lowest BCUT2D eigenvalue weighted by Crippen LogP contribution is -2.39. The number of nitrogens with zero attached hydrogens (tertiary/aromatic N) is 1. The predicted molar refractivity (Wildman–Crippen MR) is 79.3 cm³/mol. The number of anilines is 1. The van der Waals surface area contributed by atoms with E-state index in [1.54, 1.807) is 11.8 Å². The summed E-state index contributed by atoms with van der Waals surface area (Å²) in [6.45, 7) is 1.54. The van der Waals surface area contributed by atoms with Gasteiger partial charge in [-0.3, -0.25) is 9.62 Å². The van der Waals surface area contributed by atoms with Gasteiger partial charge in [-0.2, -0.15) is 0 Å². The Balaban J connectivity index is 2.37. The Morgan fingerprint density at radius 1 is 1.44 bits per heavy atom. The van der Waals surface area contributed by atoms with Gasteiger partial charge in [0, 0.05) is 46.0 Å². The summed E-state index contributed by atoms with van der Waals surface area (Å²) in [5, 5.41) is 7.76. The van der Waals surface area contributed by atoms with Gasteiger partial charge >= 0.3 is 0 Å². The molecule has 1 fully saturated rings. The average Bonchev–Trinajstić information content (AvgIpc) is 2.38. The molecule has 3 N–H and O–H groups in total. The van der Waals surface area contributed by atoms with E-state index >= 15 is 0 Å². The molecule has 0 bridgehead atoms. The second-order valence-electron chi connectivity index (χ2n) is 4.10. The molecule has 1 aliphatic rings. The van der Waals surface area contributed by atoms with Crippen LogP contribution in [-0.2, 0) is 10.8 Å². The van der Waals surface area contributed by atoms with E-state index in [1.165, 1.54) is 0 Å². The summed E-state index contributed by atoms with van der Waals surface area (Å²) in [5.41, 5.74) is 7.50. The lowest BCUT2D eigenvalue weighted by atomic mass is 10.1. The minimum atomic E-state index is -0.691. The summed E-state index contributed by atoms with van der Waals surface area (Å²) >= 11 is 1.59. The topological polar surface area (TPSA) is 70.2 Å². The number of nitrogens with two attached hydrogens (primary N) is 1. The molecule has 2 rings (SSSR count). The normalized spacial score (nSPS) is 16.8. The van der Waals surface area contributed by atoms with Crippen LogP contribution < -0.4 is 10.6 Å². The van der Waals surface area contributed by atoms with E-state index in [0.29, 0.717) is 11.5 Å². The smallest absolute Gasteiger partial charge is 0.126 e. The van der Waals surface area contributed by atoms with Crippen LogP contribution >= 0.6 is 11.8 Å². The number of hydrogen-bond acceptors (Lipinski definition) is 4. The quantitative estimate of drug-likeness (QED) is 0.498. The molecule has 0 aromatic heterocycles. The van der Waals surface area contributed by atoms with Crippen LogP contribution in [0.2, 0.25) is 0 Å². The van der Waals surface area contributed by atoms with Crippen molar-refractivity contribution in [1.29, 1.82) is 5.41 Å². The average molecular weight is 283 g/mol. The lowest BCUT2D eigenvalue weighted by Gasteiger charge is -2.30. The number of nitrogen functional groups attached to an aromatic ring is 1. The van der Waals surface area contributed by atoms with E-state index < -0.39 is 10.8 Å². The molecule has 0 unspecified atom stereocenters. The van der Waals surface area contributed by atoms with Crippen molar-refractivity contribution < 1.29 is 4.21 Å². The highest BCUT2D eigenvalue weighted by Gasteiger charge is 2.20. The van der Waals surface area contributed by atoms with Gasteiger partial charge < -0.3 is 10.6 Å². The van der Waals surface area contributed by atoms with Gasteiger partial charge in [-0.1, -0.05) is 6.07 Å². The molecule has 1 heterocycles. The van der Waals surface area contributed by atoms with Gasteiger partial charge in [0.1, 0.15) is 5.84 Å². The molecular weight excluding hydrogens is 266 g/mol. The molecule has 6 heteroatoms. The molecule has 1 saturated heterocycles. The van der Waals surface area contributed by atoms with E-state index in [0.717, 1.165) is 29.2 Å². The van der Waals surface area contributed by atoms with Gasteiger partial charge in [0.05, 0.1) is 5.56 Å². The fraction of sp³-hybridized carbons (Fsp3) is 0.417. The second kappa shape index (κ2) is 5.75. The third-order valence-corrected chi connectivity index (χ3v) is 5.07. The highest BCUT2D eigenvalue weighted by atomic mass is 32.2. The van der Waals surface area contributed by atoms with Crippen LogP contribution in [0.15, 0.2) is 23.1 Å². The number of amidine groups is 1. The second-order valence-corrected chi connectivity index (χ2v) is 6.65. The Hall–Kier alpha value is -1.01. The molecule has 0 amide bonds. The SMILES string of the molecule is CSc1cccc(N2CCS(=O)CC2)c1C(=N)N. The largest absolute Gasteiger partial charge is 0.384 e. The molecule has 0 saturated carbocycles. The third kappa shape index (κ3) is 2.70. The summed E-state index contributed by atoms with van der Waals surface area (Å²) < 4.78 is 11.4. The first-order valence-corrected chi connectivity index (χ1v) is 8.46. The number of benzene rings is 1. The highest BCUT2D eigenvalue weighted by Crippen LogP contribution is 2.29. The standard InChI is InChI=1S/C12H17N3OS2/c1-17-10-4-2-3-9(11(10)12(13)14)15-5-7-18(16)8-6-15/h2-4H,5-8H2,1H3,(H3,13,14). The molecule has 1 aromatic carbocycles. The van der Waals surface area contributed by atoms with Crippen molar-refractivity contribution in [3.05, 3.63) is 23.8 Å². The van der Waals surface area contributed by atoms with Gasteiger partial charge in [-0.05, 0) is 18.4 Å². The molecular formula is C12H17N3OS2. The first-order valence-electron chi connectivity index (χ1n) is 5.75. The maximum absolute atomic E-state index is 11.4. The summed E-state index contributed by atoms with van der Waals surface area (Å²) in [6, 6.07) is 5.96. The maximum atomic E-state index is 11.4. The van der Waals surface area contributed by atoms with Crippen LogP contribution in [0.25, 0.3) is 0 Å². The van der Waals surface area contributed by atoms with Crippen LogP contribution in [0.5, 0.6) is 0 Å². The molecule has 0 atom stereocenters. The van der Waals surface area contributed by atoms with Gasteiger partial charge in [0.25, 0.3) is 0 Å². The van der Waals surface area contributed by atoms with Crippen molar-refractivity contribution in [2.24, 2.45) is 5.73 Å². The molecule has 4 nitrogen and oxygen atoms in total. The van der Waals surface area contributed by atoms with Crippen molar-refractivity contribution in [3.8, 4) is 0 Å². The lowest BCUT2D eigenvalue weighted by molar-refractivity contribution is 0.673. The van der Waals surface area contributed by atoms with Crippen molar-refractivity contribution in [2.75, 3.05) is 35.8 Å². The first-order chi connectivity index (χ1) is 8.63.